The summed E-state index contributed by atoms with van der Waals surface area (Å²) in [7, 11) is 2.15. The monoisotopic (exact) mass is 466 g/mol. The van der Waals surface area contributed by atoms with E-state index in [0.717, 1.165) is 69.3 Å². The van der Waals surface area contributed by atoms with E-state index in [-0.39, 0.29) is 12.3 Å². The summed E-state index contributed by atoms with van der Waals surface area (Å²) in [5.41, 5.74) is 1.97. The fourth-order valence-corrected chi connectivity index (χ4v) is 5.29. The van der Waals surface area contributed by atoms with E-state index in [4.69, 9.17) is 14.2 Å². The van der Waals surface area contributed by atoms with Crippen molar-refractivity contribution >= 4 is 23.5 Å². The Hall–Kier alpha value is -1.67. The number of hydrogen-bond acceptors (Lipinski definition) is 7. The molecule has 0 saturated heterocycles. The van der Waals surface area contributed by atoms with Crippen molar-refractivity contribution in [2.45, 2.75) is 96.8 Å². The molecule has 2 heterocycles. The Bertz CT molecular complexity index is 747. The van der Waals surface area contributed by atoms with Crippen molar-refractivity contribution < 1.29 is 23.5 Å². The number of ether oxygens (including phenoxy) is 3. The second-order valence-corrected chi connectivity index (χ2v) is 9.84. The van der Waals surface area contributed by atoms with Crippen LogP contribution in [0.15, 0.2) is 6.08 Å². The molecule has 32 heavy (non-hydrogen) atoms. The third-order valence-electron chi connectivity index (χ3n) is 6.65. The number of hydrogen-bond donors (Lipinski definition) is 0. The number of likely N-dealkylation sites (N-methyl/N-ethyl adjacent to an activating group) is 1. The smallest absolute Gasteiger partial charge is 0.475 e. The summed E-state index contributed by atoms with van der Waals surface area (Å²) in [6, 6.07) is 0. The second kappa shape index (κ2) is 12.5. The molecule has 8 heteroatoms. The molecule has 2 unspecified atom stereocenters. The number of rotatable bonds is 11. The minimum Gasteiger partial charge on any atom is -0.475 e. The predicted molar refractivity (Wildman–Crippen MR) is 127 cm³/mol. The van der Waals surface area contributed by atoms with E-state index in [9.17, 15) is 4.79 Å². The molecule has 0 aromatic carbocycles. The quantitative estimate of drug-likeness (QED) is 0.228. The van der Waals surface area contributed by atoms with Crippen LogP contribution >= 0.6 is 11.7 Å². The minimum atomic E-state index is -0.523. The maximum atomic E-state index is 12.5. The highest BCUT2D eigenvalue weighted by atomic mass is 32.1. The van der Waals surface area contributed by atoms with E-state index in [1.807, 2.05) is 0 Å². The highest BCUT2D eigenvalue weighted by molar-refractivity contribution is 6.99. The molecule has 1 aliphatic carbocycles. The predicted octanol–water partition coefficient (Wildman–Crippen LogP) is 5.95. The van der Waals surface area contributed by atoms with Crippen LogP contribution in [0.3, 0.4) is 0 Å². The van der Waals surface area contributed by atoms with E-state index in [2.05, 4.69) is 35.7 Å². The normalized spacial score (nSPS) is 22.8. The molecule has 180 valence electrons. The molecule has 1 aliphatic heterocycles. The Morgan fingerprint density at radius 2 is 2.00 bits per heavy atom. The summed E-state index contributed by atoms with van der Waals surface area (Å²) in [6.07, 6.45) is 13.1. The van der Waals surface area contributed by atoms with Gasteiger partial charge < -0.3 is 14.2 Å². The fraction of sp³-hybridized carbons (Fsp3) is 0.792. The lowest BCUT2D eigenvalue weighted by molar-refractivity contribution is -0.947. The first-order chi connectivity index (χ1) is 15.6. The Labute approximate surface area is 197 Å². The lowest BCUT2D eigenvalue weighted by atomic mass is 9.98. The molecule has 0 N–H and O–H groups in total. The summed E-state index contributed by atoms with van der Waals surface area (Å²) in [5.74, 6) is 0.636. The molecule has 1 aromatic heterocycles. The van der Waals surface area contributed by atoms with Crippen molar-refractivity contribution in [3.8, 4) is 5.88 Å². The molecule has 1 fully saturated rings. The number of carbonyl (C=O) groups excluding carboxylic acids is 1. The van der Waals surface area contributed by atoms with Crippen molar-refractivity contribution in [1.29, 1.82) is 0 Å². The molecular formula is C24H40N3O4S+. The van der Waals surface area contributed by atoms with E-state index in [1.165, 1.54) is 37.4 Å². The van der Waals surface area contributed by atoms with Crippen molar-refractivity contribution in [2.75, 3.05) is 26.7 Å². The first-order valence-electron chi connectivity index (χ1n) is 12.4. The molecule has 7 nitrogen and oxygen atoms in total. The number of carbonyl (C=O) groups is 1. The second-order valence-electron chi connectivity index (χ2n) is 9.31. The molecule has 0 spiro atoms. The highest BCUT2D eigenvalue weighted by Crippen LogP contribution is 2.32. The minimum absolute atomic E-state index is 0.00832. The van der Waals surface area contributed by atoms with Crippen molar-refractivity contribution in [3.05, 3.63) is 11.8 Å². The lowest BCUT2D eigenvalue weighted by Crippen LogP contribution is -2.56. The van der Waals surface area contributed by atoms with Gasteiger partial charge in [-0.2, -0.15) is 4.37 Å². The van der Waals surface area contributed by atoms with Gasteiger partial charge in [-0.3, -0.25) is 4.48 Å². The van der Waals surface area contributed by atoms with Crippen molar-refractivity contribution in [3.63, 3.8) is 0 Å². The molecule has 0 radical (unpaired) electrons. The van der Waals surface area contributed by atoms with Crippen LogP contribution in [0.1, 0.15) is 90.2 Å². The van der Waals surface area contributed by atoms with E-state index >= 15 is 0 Å². The lowest BCUT2D eigenvalue weighted by Gasteiger charge is -2.42. The van der Waals surface area contributed by atoms with Crippen LogP contribution in [0.4, 0.5) is 4.79 Å². The standard InChI is InChI=1S/C24H40N3O4S/c1-4-6-7-11-17-29-23-22(25-32-26-23)19-13-12-16-27(3,18-19)21(5-2)31-24(28)30-20-14-9-8-10-15-20/h13,20-21H,4-12,14-18H2,1-3H3/q+1. The Morgan fingerprint density at radius 1 is 1.19 bits per heavy atom. The zero-order chi connectivity index (χ0) is 22.8. The first kappa shape index (κ1) is 25.0. The number of aromatic nitrogens is 2. The maximum Gasteiger partial charge on any atom is 0.513 e. The Kier molecular flexibility index (Phi) is 9.78. The summed E-state index contributed by atoms with van der Waals surface area (Å²) >= 11 is 1.19. The summed E-state index contributed by atoms with van der Waals surface area (Å²) in [4.78, 5) is 12.5. The SMILES string of the molecule is CCCCCCOc1nsnc1C1=CCC[N+](C)(C(CC)OC(=O)OC2CCCCC2)C1. The van der Waals surface area contributed by atoms with Gasteiger partial charge in [0.05, 0.1) is 31.9 Å². The van der Waals surface area contributed by atoms with Gasteiger partial charge in [0, 0.05) is 18.4 Å². The molecule has 3 rings (SSSR count). The molecular weight excluding hydrogens is 426 g/mol. The third kappa shape index (κ3) is 6.91. The fourth-order valence-electron chi connectivity index (χ4n) is 4.76. The van der Waals surface area contributed by atoms with Crippen LogP contribution < -0.4 is 4.74 Å². The van der Waals surface area contributed by atoms with Crippen LogP contribution in [0, 0.1) is 0 Å². The van der Waals surface area contributed by atoms with Crippen molar-refractivity contribution in [1.82, 2.24) is 8.75 Å². The molecule has 2 atom stereocenters. The van der Waals surface area contributed by atoms with Gasteiger partial charge in [0.1, 0.15) is 18.3 Å². The number of quaternary nitrogens is 1. The Morgan fingerprint density at radius 3 is 2.75 bits per heavy atom. The molecule has 0 bridgehead atoms. The van der Waals surface area contributed by atoms with Gasteiger partial charge in [-0.1, -0.05) is 45.6 Å². The zero-order valence-electron chi connectivity index (χ0n) is 20.0. The van der Waals surface area contributed by atoms with Crippen molar-refractivity contribution in [2.24, 2.45) is 0 Å². The average molecular weight is 467 g/mol. The van der Waals surface area contributed by atoms with Gasteiger partial charge >= 0.3 is 6.16 Å². The summed E-state index contributed by atoms with van der Waals surface area (Å²) < 4.78 is 27.0. The van der Waals surface area contributed by atoms with Gasteiger partial charge in [0.25, 0.3) is 5.88 Å². The Balaban J connectivity index is 1.58. The number of unbranched alkanes of at least 4 members (excludes halogenated alkanes) is 3. The zero-order valence-corrected chi connectivity index (χ0v) is 20.8. The summed E-state index contributed by atoms with van der Waals surface area (Å²) in [5, 5.41) is 0. The highest BCUT2D eigenvalue weighted by Gasteiger charge is 2.39. The van der Waals surface area contributed by atoms with Crippen LogP contribution in [-0.2, 0) is 9.47 Å². The van der Waals surface area contributed by atoms with E-state index in [0.29, 0.717) is 17.0 Å². The molecule has 2 aliphatic rings. The van der Waals surface area contributed by atoms with Gasteiger partial charge in [0.15, 0.2) is 0 Å². The van der Waals surface area contributed by atoms with Crippen LogP contribution in [0.2, 0.25) is 0 Å². The van der Waals surface area contributed by atoms with Crippen LogP contribution in [0.5, 0.6) is 5.88 Å². The van der Waals surface area contributed by atoms with E-state index in [1.54, 1.807) is 0 Å². The largest absolute Gasteiger partial charge is 0.513 e. The van der Waals surface area contributed by atoms with Gasteiger partial charge in [-0.25, -0.2) is 4.79 Å². The van der Waals surface area contributed by atoms with Gasteiger partial charge in [0.2, 0.25) is 6.23 Å². The van der Waals surface area contributed by atoms with Gasteiger partial charge in [-0.05, 0) is 32.1 Å². The van der Waals surface area contributed by atoms with Crippen LogP contribution in [0.25, 0.3) is 5.57 Å². The van der Waals surface area contributed by atoms with Crippen LogP contribution in [-0.4, -0.2) is 58.5 Å². The maximum absolute atomic E-state index is 12.5. The molecule has 0 amide bonds. The van der Waals surface area contributed by atoms with Gasteiger partial charge in [-0.15, -0.1) is 4.37 Å². The third-order valence-corrected chi connectivity index (χ3v) is 7.17. The topological polar surface area (TPSA) is 70.5 Å². The number of nitrogens with zero attached hydrogens (tertiary/aromatic N) is 3. The molecule has 1 saturated carbocycles. The average Bonchev–Trinajstić information content (AvgIpc) is 3.26. The summed E-state index contributed by atoms with van der Waals surface area (Å²) in [6.45, 7) is 6.58. The molecule has 1 aromatic rings. The first-order valence-corrected chi connectivity index (χ1v) is 13.1. The van der Waals surface area contributed by atoms with E-state index < -0.39 is 6.16 Å².